The topological polar surface area (TPSA) is 44.5 Å². The molecule has 136 valence electrons. The molecule has 5 aliphatic rings. The first-order valence-corrected chi connectivity index (χ1v) is 10.6. The van der Waals surface area contributed by atoms with Gasteiger partial charge < -0.3 is 15.2 Å². The fourth-order valence-corrected chi connectivity index (χ4v) is 8.15. The van der Waals surface area contributed by atoms with Crippen molar-refractivity contribution >= 4 is 0 Å². The minimum absolute atomic E-state index is 0.285. The van der Waals surface area contributed by atoms with Crippen LogP contribution in [0.2, 0.25) is 0 Å². The molecule has 1 aliphatic heterocycles. The summed E-state index contributed by atoms with van der Waals surface area (Å²) in [5.74, 6) is 3.20. The van der Waals surface area contributed by atoms with Gasteiger partial charge in [-0.2, -0.15) is 0 Å². The lowest BCUT2D eigenvalue weighted by Crippen LogP contribution is -2.61. The summed E-state index contributed by atoms with van der Waals surface area (Å²) in [7, 11) is 0. The van der Waals surface area contributed by atoms with E-state index < -0.39 is 0 Å². The van der Waals surface area contributed by atoms with Gasteiger partial charge in [0.1, 0.15) is 0 Å². The molecular weight excluding hydrogens is 298 g/mol. The van der Waals surface area contributed by atoms with Crippen molar-refractivity contribution in [3.8, 4) is 0 Å². The van der Waals surface area contributed by atoms with E-state index >= 15 is 0 Å². The molecule has 4 aliphatic carbocycles. The molecule has 8 atom stereocenters. The van der Waals surface area contributed by atoms with Crippen LogP contribution in [0.4, 0.5) is 0 Å². The minimum atomic E-state index is 0.285. The standard InChI is InChI=1S/C21H35NO2/c1-20-8-3-2-4-14(20)12-17(22)19-15(20)7-9-21-13-23-10-11-24-18(21)6-5-16(19)21/h14-19H,2-13,22H2,1H3/t14?,15-,16-,17+,18?,19+,20-,21+/m0/s1. The van der Waals surface area contributed by atoms with E-state index in [2.05, 4.69) is 6.92 Å². The Kier molecular flexibility index (Phi) is 3.81. The molecule has 2 unspecified atom stereocenters. The van der Waals surface area contributed by atoms with Crippen LogP contribution in [-0.4, -0.2) is 32.0 Å². The number of rotatable bonds is 0. The molecular formula is C21H35NO2. The van der Waals surface area contributed by atoms with E-state index in [1.54, 1.807) is 0 Å². The van der Waals surface area contributed by atoms with Crippen LogP contribution in [0.15, 0.2) is 0 Å². The van der Waals surface area contributed by atoms with Crippen molar-refractivity contribution in [1.29, 1.82) is 0 Å². The normalized spacial score (nSPS) is 57.2. The van der Waals surface area contributed by atoms with Crippen LogP contribution in [0.1, 0.15) is 64.7 Å². The Balaban J connectivity index is 1.50. The van der Waals surface area contributed by atoms with Crippen LogP contribution >= 0.6 is 0 Å². The lowest BCUT2D eigenvalue weighted by atomic mass is 9.44. The van der Waals surface area contributed by atoms with E-state index in [1.807, 2.05) is 0 Å². The molecule has 24 heavy (non-hydrogen) atoms. The number of ether oxygens (including phenoxy) is 2. The molecule has 3 heteroatoms. The predicted octanol–water partition coefficient (Wildman–Crippen LogP) is 3.75. The largest absolute Gasteiger partial charge is 0.378 e. The minimum Gasteiger partial charge on any atom is -0.378 e. The van der Waals surface area contributed by atoms with E-state index in [-0.39, 0.29) is 5.41 Å². The molecule has 0 aromatic heterocycles. The fraction of sp³-hybridized carbons (Fsp3) is 1.00. The lowest BCUT2D eigenvalue weighted by molar-refractivity contribution is -0.146. The summed E-state index contributed by atoms with van der Waals surface area (Å²) in [5.41, 5.74) is 7.73. The van der Waals surface area contributed by atoms with Gasteiger partial charge in [-0.3, -0.25) is 0 Å². The van der Waals surface area contributed by atoms with Crippen LogP contribution < -0.4 is 5.73 Å². The van der Waals surface area contributed by atoms with Crippen molar-refractivity contribution in [2.24, 2.45) is 40.2 Å². The molecule has 1 saturated heterocycles. The SMILES string of the molecule is C[C@]12CCCCC1C[C@@H](N)[C@H]1[C@@H]3CCC4OCCOC[C@@]43CC[C@@H]12. The third kappa shape index (κ3) is 2.07. The van der Waals surface area contributed by atoms with Gasteiger partial charge in [0.15, 0.2) is 0 Å². The van der Waals surface area contributed by atoms with Gasteiger partial charge in [0.2, 0.25) is 0 Å². The zero-order valence-corrected chi connectivity index (χ0v) is 15.3. The van der Waals surface area contributed by atoms with Crippen molar-refractivity contribution in [2.75, 3.05) is 19.8 Å². The Morgan fingerprint density at radius 1 is 0.958 bits per heavy atom. The Labute approximate surface area is 147 Å². The quantitative estimate of drug-likeness (QED) is 0.734. The Hall–Kier alpha value is -0.120. The highest BCUT2D eigenvalue weighted by Crippen LogP contribution is 2.66. The molecule has 3 nitrogen and oxygen atoms in total. The highest BCUT2D eigenvalue weighted by Gasteiger charge is 2.63. The summed E-state index contributed by atoms with van der Waals surface area (Å²) in [6.07, 6.45) is 12.7. The van der Waals surface area contributed by atoms with E-state index in [0.29, 0.717) is 23.5 Å². The zero-order valence-electron chi connectivity index (χ0n) is 15.3. The summed E-state index contributed by atoms with van der Waals surface area (Å²) in [6, 6.07) is 0.412. The molecule has 5 rings (SSSR count). The average molecular weight is 334 g/mol. The first kappa shape index (κ1) is 16.1. The van der Waals surface area contributed by atoms with Crippen molar-refractivity contribution in [2.45, 2.75) is 76.9 Å². The van der Waals surface area contributed by atoms with Crippen LogP contribution in [0.5, 0.6) is 0 Å². The monoisotopic (exact) mass is 333 g/mol. The van der Waals surface area contributed by atoms with Crippen molar-refractivity contribution in [3.05, 3.63) is 0 Å². The molecule has 1 spiro atoms. The predicted molar refractivity (Wildman–Crippen MR) is 94.6 cm³/mol. The van der Waals surface area contributed by atoms with E-state index in [1.165, 1.54) is 57.8 Å². The van der Waals surface area contributed by atoms with Gasteiger partial charge in [0.25, 0.3) is 0 Å². The number of nitrogens with two attached hydrogens (primary N) is 1. The molecule has 0 aromatic rings. The van der Waals surface area contributed by atoms with E-state index in [4.69, 9.17) is 15.2 Å². The van der Waals surface area contributed by atoms with Crippen molar-refractivity contribution < 1.29 is 9.47 Å². The first-order valence-electron chi connectivity index (χ1n) is 10.6. The van der Waals surface area contributed by atoms with Gasteiger partial charge in [-0.25, -0.2) is 0 Å². The molecule has 0 amide bonds. The first-order chi connectivity index (χ1) is 11.7. The summed E-state index contributed by atoms with van der Waals surface area (Å²) in [6.45, 7) is 5.13. The molecule has 4 saturated carbocycles. The Bertz CT molecular complexity index is 496. The zero-order chi connectivity index (χ0) is 16.4. The molecule has 2 N–H and O–H groups in total. The Morgan fingerprint density at radius 2 is 1.88 bits per heavy atom. The number of fused-ring (bicyclic) bond motifs is 4. The number of hydrogen-bond acceptors (Lipinski definition) is 3. The molecule has 0 aromatic carbocycles. The van der Waals surface area contributed by atoms with Crippen LogP contribution in [-0.2, 0) is 9.47 Å². The van der Waals surface area contributed by atoms with E-state index in [9.17, 15) is 0 Å². The van der Waals surface area contributed by atoms with Crippen LogP contribution in [0.3, 0.4) is 0 Å². The molecule has 0 bridgehead atoms. The maximum atomic E-state index is 6.89. The summed E-state index contributed by atoms with van der Waals surface area (Å²) >= 11 is 0. The fourth-order valence-electron chi connectivity index (χ4n) is 8.15. The summed E-state index contributed by atoms with van der Waals surface area (Å²) in [5, 5.41) is 0. The highest BCUT2D eigenvalue weighted by molar-refractivity contribution is 5.13. The maximum absolute atomic E-state index is 6.89. The molecule has 0 radical (unpaired) electrons. The third-order valence-corrected chi connectivity index (χ3v) is 9.24. The second-order valence-corrected chi connectivity index (χ2v) is 9.90. The van der Waals surface area contributed by atoms with Crippen LogP contribution in [0.25, 0.3) is 0 Å². The summed E-state index contributed by atoms with van der Waals surface area (Å²) < 4.78 is 12.3. The second kappa shape index (κ2) is 5.69. The third-order valence-electron chi connectivity index (χ3n) is 9.24. The van der Waals surface area contributed by atoms with Gasteiger partial charge >= 0.3 is 0 Å². The van der Waals surface area contributed by atoms with Crippen molar-refractivity contribution in [3.63, 3.8) is 0 Å². The smallest absolute Gasteiger partial charge is 0.0704 e. The van der Waals surface area contributed by atoms with Gasteiger partial charge in [-0.05, 0) is 74.0 Å². The van der Waals surface area contributed by atoms with Gasteiger partial charge in [-0.15, -0.1) is 0 Å². The highest BCUT2D eigenvalue weighted by atomic mass is 16.5. The van der Waals surface area contributed by atoms with Crippen LogP contribution in [0, 0.1) is 34.5 Å². The second-order valence-electron chi connectivity index (χ2n) is 9.90. The Morgan fingerprint density at radius 3 is 2.79 bits per heavy atom. The van der Waals surface area contributed by atoms with Crippen molar-refractivity contribution in [1.82, 2.24) is 0 Å². The van der Waals surface area contributed by atoms with Gasteiger partial charge in [0, 0.05) is 11.5 Å². The summed E-state index contributed by atoms with van der Waals surface area (Å²) in [4.78, 5) is 0. The number of hydrogen-bond donors (Lipinski definition) is 1. The molecule has 5 fully saturated rings. The lowest BCUT2D eigenvalue weighted by Gasteiger charge is -2.62. The van der Waals surface area contributed by atoms with E-state index in [0.717, 1.165) is 37.6 Å². The maximum Gasteiger partial charge on any atom is 0.0704 e. The average Bonchev–Trinajstić information content (AvgIpc) is 2.82. The van der Waals surface area contributed by atoms with Gasteiger partial charge in [-0.1, -0.05) is 19.8 Å². The van der Waals surface area contributed by atoms with Gasteiger partial charge in [0.05, 0.1) is 25.9 Å². The molecule has 1 heterocycles.